The highest BCUT2D eigenvalue weighted by atomic mass is 19.1. The summed E-state index contributed by atoms with van der Waals surface area (Å²) in [6, 6.07) is 0. The van der Waals surface area contributed by atoms with Gasteiger partial charge in [-0.3, -0.25) is 0 Å². The summed E-state index contributed by atoms with van der Waals surface area (Å²) in [6.45, 7) is 0.771. The van der Waals surface area contributed by atoms with Crippen LogP contribution in [0.15, 0.2) is 6.20 Å². The monoisotopic (exact) mass is 252 g/mol. The molecule has 1 aromatic rings. The highest BCUT2D eigenvalue weighted by Crippen LogP contribution is 2.28. The van der Waals surface area contributed by atoms with Gasteiger partial charge in [0.1, 0.15) is 0 Å². The minimum Gasteiger partial charge on any atom is -0.367 e. The largest absolute Gasteiger partial charge is 0.367 e. The van der Waals surface area contributed by atoms with Crippen LogP contribution in [0.5, 0.6) is 0 Å². The second kappa shape index (κ2) is 6.52. The Kier molecular flexibility index (Phi) is 4.73. The van der Waals surface area contributed by atoms with Gasteiger partial charge in [-0.2, -0.15) is 4.98 Å². The first-order valence-corrected chi connectivity index (χ1v) is 6.73. The van der Waals surface area contributed by atoms with Crippen LogP contribution in [0.4, 0.5) is 16.2 Å². The summed E-state index contributed by atoms with van der Waals surface area (Å²) >= 11 is 0. The third-order valence-electron chi connectivity index (χ3n) is 3.52. The van der Waals surface area contributed by atoms with Gasteiger partial charge in [-0.05, 0) is 18.8 Å². The molecule has 2 rings (SSSR count). The minimum absolute atomic E-state index is 0.292. The molecule has 0 aromatic carbocycles. The van der Waals surface area contributed by atoms with Gasteiger partial charge < -0.3 is 10.6 Å². The molecule has 1 fully saturated rings. The first-order valence-electron chi connectivity index (χ1n) is 6.73. The van der Waals surface area contributed by atoms with Crippen LogP contribution in [0.1, 0.15) is 38.5 Å². The highest BCUT2D eigenvalue weighted by molar-refractivity contribution is 5.40. The molecule has 100 valence electrons. The molecule has 1 saturated carbocycles. The van der Waals surface area contributed by atoms with Crippen molar-refractivity contribution in [3.05, 3.63) is 12.0 Å². The van der Waals surface area contributed by atoms with Gasteiger partial charge >= 0.3 is 0 Å². The SMILES string of the molecule is CNc1ncc(F)c(NCCCC2CCCC2)n1. The van der Waals surface area contributed by atoms with Crippen molar-refractivity contribution in [3.63, 3.8) is 0 Å². The van der Waals surface area contributed by atoms with Gasteiger partial charge in [-0.25, -0.2) is 9.37 Å². The molecule has 0 atom stereocenters. The summed E-state index contributed by atoms with van der Waals surface area (Å²) in [6.07, 6.45) is 8.99. The number of hydrogen-bond acceptors (Lipinski definition) is 4. The fourth-order valence-electron chi connectivity index (χ4n) is 2.51. The van der Waals surface area contributed by atoms with Crippen molar-refractivity contribution in [2.45, 2.75) is 38.5 Å². The van der Waals surface area contributed by atoms with Crippen LogP contribution >= 0.6 is 0 Å². The summed E-state index contributed by atoms with van der Waals surface area (Å²) in [7, 11) is 1.72. The minimum atomic E-state index is -0.394. The molecular formula is C13H21FN4. The smallest absolute Gasteiger partial charge is 0.224 e. The first kappa shape index (κ1) is 13.1. The zero-order valence-electron chi connectivity index (χ0n) is 10.9. The van der Waals surface area contributed by atoms with Gasteiger partial charge in [0.25, 0.3) is 0 Å². The number of nitrogens with zero attached hydrogens (tertiary/aromatic N) is 2. The Morgan fingerprint density at radius 1 is 1.39 bits per heavy atom. The lowest BCUT2D eigenvalue weighted by Gasteiger charge is -2.10. The molecule has 1 heterocycles. The fourth-order valence-corrected chi connectivity index (χ4v) is 2.51. The molecule has 0 unspecified atom stereocenters. The van der Waals surface area contributed by atoms with Crippen molar-refractivity contribution in [2.75, 3.05) is 24.2 Å². The van der Waals surface area contributed by atoms with E-state index in [4.69, 9.17) is 0 Å². The summed E-state index contributed by atoms with van der Waals surface area (Å²) in [5, 5.41) is 5.85. The van der Waals surface area contributed by atoms with Crippen molar-refractivity contribution >= 4 is 11.8 Å². The van der Waals surface area contributed by atoms with Gasteiger partial charge in [0, 0.05) is 13.6 Å². The Morgan fingerprint density at radius 2 is 2.17 bits per heavy atom. The second-order valence-corrected chi connectivity index (χ2v) is 4.86. The maximum absolute atomic E-state index is 13.4. The molecule has 2 N–H and O–H groups in total. The molecule has 0 bridgehead atoms. The van der Waals surface area contributed by atoms with Crippen LogP contribution in [-0.2, 0) is 0 Å². The molecule has 0 aliphatic heterocycles. The van der Waals surface area contributed by atoms with E-state index in [1.165, 1.54) is 38.3 Å². The summed E-state index contributed by atoms with van der Waals surface area (Å²) in [4.78, 5) is 7.86. The van der Waals surface area contributed by atoms with Crippen LogP contribution in [0.3, 0.4) is 0 Å². The van der Waals surface area contributed by atoms with E-state index in [0.29, 0.717) is 11.8 Å². The van der Waals surface area contributed by atoms with Crippen molar-refractivity contribution in [1.29, 1.82) is 0 Å². The van der Waals surface area contributed by atoms with Gasteiger partial charge in [-0.15, -0.1) is 0 Å². The standard InChI is InChI=1S/C13H21FN4/c1-15-13-17-9-11(14)12(18-13)16-8-4-7-10-5-2-3-6-10/h9-10H,2-8H2,1H3,(H2,15,16,17,18). The predicted octanol–water partition coefficient (Wildman–Crippen LogP) is 3.04. The van der Waals surface area contributed by atoms with Crippen molar-refractivity contribution in [3.8, 4) is 0 Å². The van der Waals surface area contributed by atoms with Crippen LogP contribution in [0.25, 0.3) is 0 Å². The molecule has 0 saturated heterocycles. The van der Waals surface area contributed by atoms with E-state index >= 15 is 0 Å². The number of rotatable bonds is 6. The lowest BCUT2D eigenvalue weighted by Crippen LogP contribution is -2.09. The maximum atomic E-state index is 13.4. The van der Waals surface area contributed by atoms with E-state index < -0.39 is 5.82 Å². The average Bonchev–Trinajstić information content (AvgIpc) is 2.89. The van der Waals surface area contributed by atoms with E-state index in [-0.39, 0.29) is 0 Å². The van der Waals surface area contributed by atoms with Crippen molar-refractivity contribution in [2.24, 2.45) is 5.92 Å². The second-order valence-electron chi connectivity index (χ2n) is 4.86. The van der Waals surface area contributed by atoms with Gasteiger partial charge in [-0.1, -0.05) is 25.7 Å². The summed E-state index contributed by atoms with van der Waals surface area (Å²) < 4.78 is 13.4. The molecule has 0 radical (unpaired) electrons. The fraction of sp³-hybridized carbons (Fsp3) is 0.692. The van der Waals surface area contributed by atoms with E-state index in [1.807, 2.05) is 0 Å². The molecule has 1 aliphatic rings. The van der Waals surface area contributed by atoms with Gasteiger partial charge in [0.2, 0.25) is 5.95 Å². The van der Waals surface area contributed by atoms with E-state index in [9.17, 15) is 4.39 Å². The Hall–Kier alpha value is -1.39. The van der Waals surface area contributed by atoms with Crippen LogP contribution in [0.2, 0.25) is 0 Å². The third-order valence-corrected chi connectivity index (χ3v) is 3.52. The van der Waals surface area contributed by atoms with E-state index in [2.05, 4.69) is 20.6 Å². The zero-order valence-corrected chi connectivity index (χ0v) is 10.9. The molecule has 4 nitrogen and oxygen atoms in total. The lowest BCUT2D eigenvalue weighted by atomic mass is 10.0. The molecule has 1 aliphatic carbocycles. The quantitative estimate of drug-likeness (QED) is 0.764. The Bertz CT molecular complexity index is 377. The first-order chi connectivity index (χ1) is 8.79. The number of nitrogens with one attached hydrogen (secondary N) is 2. The maximum Gasteiger partial charge on any atom is 0.224 e. The van der Waals surface area contributed by atoms with E-state index in [0.717, 1.165) is 18.9 Å². The van der Waals surface area contributed by atoms with Gasteiger partial charge in [0.15, 0.2) is 11.6 Å². The number of aromatic nitrogens is 2. The number of hydrogen-bond donors (Lipinski definition) is 2. The van der Waals surface area contributed by atoms with E-state index in [1.54, 1.807) is 7.05 Å². The molecule has 0 amide bonds. The number of anilines is 2. The predicted molar refractivity (Wildman–Crippen MR) is 71.2 cm³/mol. The van der Waals surface area contributed by atoms with Crippen LogP contribution in [0, 0.1) is 11.7 Å². The molecule has 5 heteroatoms. The molecule has 0 spiro atoms. The van der Waals surface area contributed by atoms with Crippen molar-refractivity contribution in [1.82, 2.24) is 9.97 Å². The zero-order chi connectivity index (χ0) is 12.8. The Balaban J connectivity index is 1.75. The van der Waals surface area contributed by atoms with Crippen molar-refractivity contribution < 1.29 is 4.39 Å². The molecule has 1 aromatic heterocycles. The number of halogens is 1. The molecular weight excluding hydrogens is 231 g/mol. The summed E-state index contributed by atoms with van der Waals surface area (Å²) in [5.74, 6) is 1.22. The summed E-state index contributed by atoms with van der Waals surface area (Å²) in [5.41, 5.74) is 0. The van der Waals surface area contributed by atoms with Gasteiger partial charge in [0.05, 0.1) is 6.20 Å². The average molecular weight is 252 g/mol. The highest BCUT2D eigenvalue weighted by Gasteiger charge is 2.14. The Morgan fingerprint density at radius 3 is 2.89 bits per heavy atom. The van der Waals surface area contributed by atoms with Crippen LogP contribution in [-0.4, -0.2) is 23.6 Å². The Labute approximate surface area is 107 Å². The third kappa shape index (κ3) is 3.55. The molecule has 18 heavy (non-hydrogen) atoms. The van der Waals surface area contributed by atoms with Crippen LogP contribution < -0.4 is 10.6 Å². The lowest BCUT2D eigenvalue weighted by molar-refractivity contribution is 0.490. The topological polar surface area (TPSA) is 49.8 Å². The normalized spacial score (nSPS) is 15.9.